The summed E-state index contributed by atoms with van der Waals surface area (Å²) in [6.45, 7) is 6.83. The van der Waals surface area contributed by atoms with Gasteiger partial charge in [0.1, 0.15) is 5.82 Å². The molecule has 1 aromatic heterocycles. The van der Waals surface area contributed by atoms with Gasteiger partial charge < -0.3 is 9.88 Å². The highest BCUT2D eigenvalue weighted by atomic mass is 15.1. The van der Waals surface area contributed by atoms with Crippen LogP contribution in [0.1, 0.15) is 45.0 Å². The average Bonchev–Trinajstić information content (AvgIpc) is 2.62. The van der Waals surface area contributed by atoms with Gasteiger partial charge in [0.2, 0.25) is 0 Å². The number of aromatic nitrogens is 2. The van der Waals surface area contributed by atoms with Crippen LogP contribution in [0.5, 0.6) is 0 Å². The van der Waals surface area contributed by atoms with E-state index in [9.17, 15) is 0 Å². The molecular formula is C13H23N3. The lowest BCUT2D eigenvalue weighted by Crippen LogP contribution is -2.49. The van der Waals surface area contributed by atoms with Crippen molar-refractivity contribution < 1.29 is 0 Å². The van der Waals surface area contributed by atoms with Gasteiger partial charge in [-0.25, -0.2) is 4.98 Å². The molecule has 3 nitrogen and oxygen atoms in total. The van der Waals surface area contributed by atoms with Crippen LogP contribution in [0.3, 0.4) is 0 Å². The van der Waals surface area contributed by atoms with Crippen LogP contribution >= 0.6 is 0 Å². The molecule has 2 atom stereocenters. The number of likely N-dealkylation sites (N-methyl/N-ethyl adjacent to an activating group) is 1. The van der Waals surface area contributed by atoms with E-state index in [1.165, 1.54) is 19.3 Å². The highest BCUT2D eigenvalue weighted by Gasteiger charge is 2.38. The molecule has 0 spiro atoms. The summed E-state index contributed by atoms with van der Waals surface area (Å²) in [4.78, 5) is 4.34. The fourth-order valence-electron chi connectivity index (χ4n) is 3.23. The molecule has 0 aliphatic heterocycles. The Balaban J connectivity index is 2.30. The first-order valence-electron chi connectivity index (χ1n) is 6.23. The van der Waals surface area contributed by atoms with Crippen LogP contribution in [0, 0.1) is 12.3 Å². The Morgan fingerprint density at radius 2 is 2.25 bits per heavy atom. The van der Waals surface area contributed by atoms with Crippen molar-refractivity contribution in [2.45, 2.75) is 52.1 Å². The Labute approximate surface area is 98.3 Å². The zero-order valence-electron chi connectivity index (χ0n) is 10.8. The Bertz CT molecular complexity index is 354. The van der Waals surface area contributed by atoms with Crippen molar-refractivity contribution in [3.63, 3.8) is 0 Å². The maximum atomic E-state index is 4.34. The Kier molecular flexibility index (Phi) is 3.06. The van der Waals surface area contributed by atoms with Gasteiger partial charge in [0.05, 0.1) is 6.04 Å². The molecule has 90 valence electrons. The smallest absolute Gasteiger partial charge is 0.105 e. The van der Waals surface area contributed by atoms with Crippen LogP contribution in [0.4, 0.5) is 0 Å². The molecule has 16 heavy (non-hydrogen) atoms. The SMILES string of the molecule is CNC1C(n2ccnc2C)CCCC1(C)C. The summed E-state index contributed by atoms with van der Waals surface area (Å²) < 4.78 is 2.34. The number of aryl methyl sites for hydroxylation is 1. The Morgan fingerprint density at radius 3 is 2.81 bits per heavy atom. The third-order valence-electron chi connectivity index (χ3n) is 4.08. The molecule has 0 amide bonds. The molecule has 0 radical (unpaired) electrons. The van der Waals surface area contributed by atoms with E-state index in [1.54, 1.807) is 0 Å². The highest BCUT2D eigenvalue weighted by molar-refractivity contribution is 5.01. The Morgan fingerprint density at radius 1 is 1.50 bits per heavy atom. The summed E-state index contributed by atoms with van der Waals surface area (Å²) in [6, 6.07) is 1.09. The van der Waals surface area contributed by atoms with E-state index < -0.39 is 0 Å². The first-order valence-corrected chi connectivity index (χ1v) is 6.23. The van der Waals surface area contributed by atoms with E-state index in [0.717, 1.165) is 5.82 Å². The van der Waals surface area contributed by atoms with Crippen molar-refractivity contribution in [3.05, 3.63) is 18.2 Å². The first kappa shape index (κ1) is 11.6. The fourth-order valence-corrected chi connectivity index (χ4v) is 3.23. The van der Waals surface area contributed by atoms with Gasteiger partial charge in [0, 0.05) is 18.4 Å². The Hall–Kier alpha value is -0.830. The summed E-state index contributed by atoms with van der Waals surface area (Å²) in [6.07, 6.45) is 7.90. The summed E-state index contributed by atoms with van der Waals surface area (Å²) in [5, 5.41) is 3.51. The van der Waals surface area contributed by atoms with Crippen LogP contribution in [0.25, 0.3) is 0 Å². The highest BCUT2D eigenvalue weighted by Crippen LogP contribution is 2.41. The third kappa shape index (κ3) is 1.88. The van der Waals surface area contributed by atoms with Crippen molar-refractivity contribution >= 4 is 0 Å². The second-order valence-corrected chi connectivity index (χ2v) is 5.60. The average molecular weight is 221 g/mol. The molecule has 3 heteroatoms. The predicted molar refractivity (Wildman–Crippen MR) is 66.5 cm³/mol. The number of nitrogens with zero attached hydrogens (tertiary/aromatic N) is 2. The van der Waals surface area contributed by atoms with Gasteiger partial charge in [-0.1, -0.05) is 20.3 Å². The van der Waals surface area contributed by atoms with Gasteiger partial charge in [-0.2, -0.15) is 0 Å². The van der Waals surface area contributed by atoms with Crippen molar-refractivity contribution in [1.29, 1.82) is 0 Å². The van der Waals surface area contributed by atoms with E-state index in [4.69, 9.17) is 0 Å². The van der Waals surface area contributed by atoms with Crippen LogP contribution in [-0.4, -0.2) is 22.6 Å². The zero-order chi connectivity index (χ0) is 11.8. The second kappa shape index (κ2) is 4.21. The lowest BCUT2D eigenvalue weighted by molar-refractivity contribution is 0.118. The molecule has 1 fully saturated rings. The number of hydrogen-bond donors (Lipinski definition) is 1. The lowest BCUT2D eigenvalue weighted by atomic mass is 9.70. The summed E-state index contributed by atoms with van der Waals surface area (Å²) in [5.74, 6) is 1.13. The van der Waals surface area contributed by atoms with Crippen LogP contribution in [-0.2, 0) is 0 Å². The fraction of sp³-hybridized carbons (Fsp3) is 0.769. The third-order valence-corrected chi connectivity index (χ3v) is 4.08. The van der Waals surface area contributed by atoms with E-state index >= 15 is 0 Å². The largest absolute Gasteiger partial charge is 0.331 e. The molecule has 2 unspecified atom stereocenters. The van der Waals surface area contributed by atoms with E-state index in [2.05, 4.69) is 48.9 Å². The van der Waals surface area contributed by atoms with Gasteiger partial charge in [-0.05, 0) is 32.2 Å². The maximum Gasteiger partial charge on any atom is 0.105 e. The number of imidazole rings is 1. The lowest BCUT2D eigenvalue weighted by Gasteiger charge is -2.44. The molecule has 1 N–H and O–H groups in total. The van der Waals surface area contributed by atoms with Gasteiger partial charge in [0.25, 0.3) is 0 Å². The van der Waals surface area contributed by atoms with Gasteiger partial charge >= 0.3 is 0 Å². The second-order valence-electron chi connectivity index (χ2n) is 5.60. The number of hydrogen-bond acceptors (Lipinski definition) is 2. The molecule has 1 saturated carbocycles. The molecule has 2 rings (SSSR count). The van der Waals surface area contributed by atoms with E-state index in [0.29, 0.717) is 17.5 Å². The zero-order valence-corrected chi connectivity index (χ0v) is 10.8. The van der Waals surface area contributed by atoms with Crippen LogP contribution in [0.2, 0.25) is 0 Å². The van der Waals surface area contributed by atoms with Crippen LogP contribution in [0.15, 0.2) is 12.4 Å². The minimum Gasteiger partial charge on any atom is -0.331 e. The maximum absolute atomic E-state index is 4.34. The first-order chi connectivity index (χ1) is 7.56. The van der Waals surface area contributed by atoms with E-state index in [-0.39, 0.29) is 0 Å². The molecule has 1 aromatic rings. The van der Waals surface area contributed by atoms with Crippen molar-refractivity contribution in [3.8, 4) is 0 Å². The van der Waals surface area contributed by atoms with Crippen LogP contribution < -0.4 is 5.32 Å². The summed E-state index contributed by atoms with van der Waals surface area (Å²) in [7, 11) is 2.08. The molecule has 1 heterocycles. The minimum atomic E-state index is 0.369. The summed E-state index contributed by atoms with van der Waals surface area (Å²) >= 11 is 0. The predicted octanol–water partition coefficient (Wildman–Crippen LogP) is 2.53. The quantitative estimate of drug-likeness (QED) is 0.831. The van der Waals surface area contributed by atoms with Crippen molar-refractivity contribution in [2.24, 2.45) is 5.41 Å². The molecule has 1 aliphatic rings. The van der Waals surface area contributed by atoms with E-state index in [1.807, 2.05) is 6.20 Å². The van der Waals surface area contributed by atoms with Gasteiger partial charge in [0.15, 0.2) is 0 Å². The monoisotopic (exact) mass is 221 g/mol. The normalized spacial score (nSPS) is 29.2. The number of nitrogens with one attached hydrogen (secondary N) is 1. The topological polar surface area (TPSA) is 29.9 Å². The molecule has 0 bridgehead atoms. The standard InChI is InChI=1S/C13H23N3/c1-10-15-8-9-16(10)11-6-5-7-13(2,3)12(11)14-4/h8-9,11-12,14H,5-7H2,1-4H3. The van der Waals surface area contributed by atoms with Crippen molar-refractivity contribution in [2.75, 3.05) is 7.05 Å². The number of rotatable bonds is 2. The molecular weight excluding hydrogens is 198 g/mol. The molecule has 1 aliphatic carbocycles. The minimum absolute atomic E-state index is 0.369. The molecule has 0 saturated heterocycles. The van der Waals surface area contributed by atoms with Gasteiger partial charge in [-0.3, -0.25) is 0 Å². The van der Waals surface area contributed by atoms with Gasteiger partial charge in [-0.15, -0.1) is 0 Å². The molecule has 0 aromatic carbocycles. The summed E-state index contributed by atoms with van der Waals surface area (Å²) in [5.41, 5.74) is 0.369. The van der Waals surface area contributed by atoms with Crippen molar-refractivity contribution in [1.82, 2.24) is 14.9 Å².